The van der Waals surface area contributed by atoms with E-state index in [1.807, 2.05) is 42.3 Å². The average Bonchev–Trinajstić information content (AvgIpc) is 3.27. The number of amides is 1. The Kier molecular flexibility index (Phi) is 3.61. The number of aliphatic carboxylic acids is 1. The lowest BCUT2D eigenvalue weighted by molar-refractivity contribution is -0.148. The molecule has 2 atom stereocenters. The zero-order valence-electron chi connectivity index (χ0n) is 13.9. The molecular weight excluding hydrogens is 322 g/mol. The number of rotatable bonds is 3. The van der Waals surface area contributed by atoms with Crippen LogP contribution in [0.25, 0.3) is 11.3 Å². The van der Waals surface area contributed by atoms with Crippen LogP contribution in [0.4, 0.5) is 0 Å². The first-order valence-electron chi connectivity index (χ1n) is 8.23. The molecule has 25 heavy (non-hydrogen) atoms. The molecule has 0 bridgehead atoms. The van der Waals surface area contributed by atoms with Gasteiger partial charge >= 0.3 is 5.97 Å². The molecule has 1 aromatic heterocycles. The van der Waals surface area contributed by atoms with Gasteiger partial charge in [0.15, 0.2) is 11.5 Å². The first kappa shape index (κ1) is 15.8. The van der Waals surface area contributed by atoms with Gasteiger partial charge in [0.25, 0.3) is 5.91 Å². The zero-order chi connectivity index (χ0) is 17.6. The molecule has 0 saturated carbocycles. The number of nitrogens with zero attached hydrogens (tertiary/aromatic N) is 3. The van der Waals surface area contributed by atoms with Gasteiger partial charge < -0.3 is 19.4 Å². The Balaban J connectivity index is 1.55. The van der Waals surface area contributed by atoms with Gasteiger partial charge in [-0.15, -0.1) is 0 Å². The molecule has 1 N–H and O–H groups in total. The Morgan fingerprint density at radius 2 is 2.00 bits per heavy atom. The zero-order valence-corrected chi connectivity index (χ0v) is 13.9. The lowest BCUT2D eigenvalue weighted by Crippen LogP contribution is -2.41. The molecule has 0 spiro atoms. The minimum atomic E-state index is -0.879. The molecule has 2 aliphatic heterocycles. The van der Waals surface area contributed by atoms with Gasteiger partial charge in [-0.1, -0.05) is 35.5 Å². The fourth-order valence-electron chi connectivity index (χ4n) is 4.05. The van der Waals surface area contributed by atoms with Crippen LogP contribution in [0.3, 0.4) is 0 Å². The van der Waals surface area contributed by atoms with E-state index in [-0.39, 0.29) is 24.1 Å². The van der Waals surface area contributed by atoms with Crippen molar-refractivity contribution >= 4 is 11.9 Å². The third kappa shape index (κ3) is 2.51. The van der Waals surface area contributed by atoms with Crippen molar-refractivity contribution in [1.29, 1.82) is 0 Å². The maximum Gasteiger partial charge on any atom is 0.313 e. The maximum atomic E-state index is 12.8. The highest BCUT2D eigenvalue weighted by Gasteiger charge is 2.58. The van der Waals surface area contributed by atoms with E-state index in [0.717, 1.165) is 5.56 Å². The van der Waals surface area contributed by atoms with Crippen LogP contribution in [0.15, 0.2) is 40.9 Å². The van der Waals surface area contributed by atoms with E-state index in [2.05, 4.69) is 5.16 Å². The van der Waals surface area contributed by atoms with Crippen molar-refractivity contribution in [2.45, 2.75) is 0 Å². The molecule has 0 unspecified atom stereocenters. The number of aromatic nitrogens is 1. The SMILES string of the molecule is CN1C[C@H]2CN(C(=O)c3cc(-c4ccccc4)on3)C[C@@]2(C(=O)O)C1. The fraction of sp³-hybridized carbons (Fsp3) is 0.389. The number of fused-ring (bicyclic) bond motifs is 1. The summed E-state index contributed by atoms with van der Waals surface area (Å²) in [6.07, 6.45) is 0. The lowest BCUT2D eigenvalue weighted by atomic mass is 9.81. The monoisotopic (exact) mass is 341 g/mol. The Hall–Kier alpha value is -2.67. The molecule has 2 saturated heterocycles. The summed E-state index contributed by atoms with van der Waals surface area (Å²) in [4.78, 5) is 28.2. The molecule has 2 fully saturated rings. The van der Waals surface area contributed by atoms with Crippen molar-refractivity contribution in [3.8, 4) is 11.3 Å². The van der Waals surface area contributed by atoms with Crippen molar-refractivity contribution < 1.29 is 19.2 Å². The van der Waals surface area contributed by atoms with Gasteiger partial charge in [-0.05, 0) is 7.05 Å². The number of carbonyl (C=O) groups is 2. The molecule has 2 aromatic rings. The molecule has 7 heteroatoms. The summed E-state index contributed by atoms with van der Waals surface area (Å²) in [5.41, 5.74) is 0.180. The molecule has 2 aliphatic rings. The number of carboxylic acids is 1. The third-order valence-corrected chi connectivity index (χ3v) is 5.28. The quantitative estimate of drug-likeness (QED) is 0.909. The third-order valence-electron chi connectivity index (χ3n) is 5.28. The van der Waals surface area contributed by atoms with Gasteiger partial charge in [0.05, 0.1) is 0 Å². The van der Waals surface area contributed by atoms with Gasteiger partial charge in [0, 0.05) is 43.7 Å². The molecular formula is C18H19N3O4. The van der Waals surface area contributed by atoms with Crippen molar-refractivity contribution in [2.75, 3.05) is 33.2 Å². The van der Waals surface area contributed by atoms with Crippen LogP contribution >= 0.6 is 0 Å². The maximum absolute atomic E-state index is 12.8. The highest BCUT2D eigenvalue weighted by Crippen LogP contribution is 2.42. The highest BCUT2D eigenvalue weighted by atomic mass is 16.5. The second kappa shape index (κ2) is 5.70. The first-order valence-corrected chi connectivity index (χ1v) is 8.23. The highest BCUT2D eigenvalue weighted by molar-refractivity contribution is 5.94. The van der Waals surface area contributed by atoms with E-state index in [1.165, 1.54) is 0 Å². The first-order chi connectivity index (χ1) is 12.0. The summed E-state index contributed by atoms with van der Waals surface area (Å²) in [6.45, 7) is 1.79. The van der Waals surface area contributed by atoms with Gasteiger partial charge in [-0.25, -0.2) is 0 Å². The van der Waals surface area contributed by atoms with Crippen LogP contribution < -0.4 is 0 Å². The summed E-state index contributed by atoms with van der Waals surface area (Å²) in [5.74, 6) is -0.638. The van der Waals surface area contributed by atoms with Gasteiger partial charge in [0.1, 0.15) is 5.41 Å². The Morgan fingerprint density at radius 3 is 2.68 bits per heavy atom. The standard InChI is InChI=1S/C18H19N3O4/c1-20-8-13-9-21(11-18(13,10-20)17(23)24)16(22)14-7-15(25-19-14)12-5-3-2-4-6-12/h2-7,13H,8-11H2,1H3,(H,23,24)/t13-,18-/m0/s1. The second-order valence-corrected chi connectivity index (χ2v) is 6.98. The van der Waals surface area contributed by atoms with Gasteiger partial charge in [0.2, 0.25) is 0 Å². The van der Waals surface area contributed by atoms with Crippen LogP contribution in [0, 0.1) is 11.3 Å². The summed E-state index contributed by atoms with van der Waals surface area (Å²) >= 11 is 0. The minimum Gasteiger partial charge on any atom is -0.481 e. The van der Waals surface area contributed by atoms with Crippen LogP contribution in [-0.2, 0) is 4.79 Å². The molecule has 3 heterocycles. The Morgan fingerprint density at radius 1 is 1.24 bits per heavy atom. The van der Waals surface area contributed by atoms with Crippen molar-refractivity contribution in [3.63, 3.8) is 0 Å². The van der Waals surface area contributed by atoms with E-state index >= 15 is 0 Å². The Labute approximate surface area is 144 Å². The van der Waals surface area contributed by atoms with Gasteiger partial charge in [-0.3, -0.25) is 9.59 Å². The molecule has 0 radical (unpaired) electrons. The normalized spacial score (nSPS) is 26.0. The summed E-state index contributed by atoms with van der Waals surface area (Å²) < 4.78 is 5.29. The molecule has 130 valence electrons. The molecule has 0 aliphatic carbocycles. The van der Waals surface area contributed by atoms with Crippen LogP contribution in [-0.4, -0.2) is 65.2 Å². The number of carboxylic acid groups (broad SMARTS) is 1. The molecule has 4 rings (SSSR count). The van der Waals surface area contributed by atoms with Crippen LogP contribution in [0.2, 0.25) is 0 Å². The topological polar surface area (TPSA) is 86.9 Å². The average molecular weight is 341 g/mol. The second-order valence-electron chi connectivity index (χ2n) is 6.98. The van der Waals surface area contributed by atoms with Crippen LogP contribution in [0.1, 0.15) is 10.5 Å². The number of benzene rings is 1. The van der Waals surface area contributed by atoms with E-state index < -0.39 is 11.4 Å². The van der Waals surface area contributed by atoms with Gasteiger partial charge in [-0.2, -0.15) is 0 Å². The van der Waals surface area contributed by atoms with E-state index in [1.54, 1.807) is 11.0 Å². The number of hydrogen-bond acceptors (Lipinski definition) is 5. The predicted octanol–water partition coefficient (Wildman–Crippen LogP) is 1.43. The predicted molar refractivity (Wildman–Crippen MR) is 88.9 cm³/mol. The van der Waals surface area contributed by atoms with Crippen molar-refractivity contribution in [1.82, 2.24) is 15.0 Å². The Bertz CT molecular complexity index is 819. The molecule has 1 amide bonds. The molecule has 1 aromatic carbocycles. The lowest BCUT2D eigenvalue weighted by Gasteiger charge is -2.23. The number of likely N-dealkylation sites (tertiary alicyclic amines) is 2. The minimum absolute atomic E-state index is 0.0561. The summed E-state index contributed by atoms with van der Waals surface area (Å²) in [6, 6.07) is 11.0. The van der Waals surface area contributed by atoms with Crippen LogP contribution in [0.5, 0.6) is 0 Å². The number of carbonyl (C=O) groups excluding carboxylic acids is 1. The largest absolute Gasteiger partial charge is 0.481 e. The smallest absolute Gasteiger partial charge is 0.313 e. The number of hydrogen-bond donors (Lipinski definition) is 1. The summed E-state index contributed by atoms with van der Waals surface area (Å²) in [5, 5.41) is 13.6. The van der Waals surface area contributed by atoms with E-state index in [0.29, 0.717) is 25.4 Å². The van der Waals surface area contributed by atoms with Crippen molar-refractivity contribution in [3.05, 3.63) is 42.1 Å². The van der Waals surface area contributed by atoms with E-state index in [9.17, 15) is 14.7 Å². The van der Waals surface area contributed by atoms with E-state index in [4.69, 9.17) is 4.52 Å². The summed E-state index contributed by atoms with van der Waals surface area (Å²) in [7, 11) is 1.92. The van der Waals surface area contributed by atoms with Crippen molar-refractivity contribution in [2.24, 2.45) is 11.3 Å². The fourth-order valence-corrected chi connectivity index (χ4v) is 4.05. The molecule has 7 nitrogen and oxygen atoms in total.